The van der Waals surface area contributed by atoms with E-state index in [2.05, 4.69) is 24.4 Å². The van der Waals surface area contributed by atoms with E-state index in [1.807, 2.05) is 12.1 Å². The normalized spacial score (nSPS) is 11.5. The molecule has 2 aromatic carbocycles. The summed E-state index contributed by atoms with van der Waals surface area (Å²) in [5.74, 6) is 0. The van der Waals surface area contributed by atoms with Crippen LogP contribution in [0, 0.1) is 0 Å². The summed E-state index contributed by atoms with van der Waals surface area (Å²) in [5, 5.41) is 8.44. The monoisotopic (exact) mass is 304 g/mol. The quantitative estimate of drug-likeness (QED) is 0.859. The molecule has 0 atom stereocenters. The highest BCUT2D eigenvalue weighted by atomic mass is 32.2. The Balaban J connectivity index is 1.95. The first-order valence-corrected chi connectivity index (χ1v) is 8.44. The summed E-state index contributed by atoms with van der Waals surface area (Å²) in [6.45, 7) is 3.62. The molecule has 2 aromatic rings. The van der Waals surface area contributed by atoms with Gasteiger partial charge in [0, 0.05) is 13.1 Å². The molecule has 3 N–H and O–H groups in total. The smallest absolute Gasteiger partial charge is 0.238 e. The van der Waals surface area contributed by atoms with E-state index in [0.29, 0.717) is 6.54 Å². The number of nitrogens with one attached hydrogen (secondary N) is 1. The van der Waals surface area contributed by atoms with E-state index in [1.165, 1.54) is 23.3 Å². The molecule has 112 valence electrons. The van der Waals surface area contributed by atoms with Gasteiger partial charge in [-0.3, -0.25) is 0 Å². The van der Waals surface area contributed by atoms with Crippen molar-refractivity contribution in [1.29, 1.82) is 0 Å². The predicted molar refractivity (Wildman–Crippen MR) is 84.2 cm³/mol. The van der Waals surface area contributed by atoms with Gasteiger partial charge in [0.25, 0.3) is 0 Å². The Bertz CT molecular complexity index is 694. The first-order valence-electron chi connectivity index (χ1n) is 6.90. The lowest BCUT2D eigenvalue weighted by atomic mass is 10.1. The van der Waals surface area contributed by atoms with Gasteiger partial charge in [-0.1, -0.05) is 43.3 Å². The van der Waals surface area contributed by atoms with Crippen LogP contribution in [0.4, 0.5) is 0 Å². The number of sulfonamides is 1. The predicted octanol–water partition coefficient (Wildman–Crippen LogP) is 2.19. The highest BCUT2D eigenvalue weighted by Gasteiger charge is 2.06. The van der Waals surface area contributed by atoms with Crippen molar-refractivity contribution in [2.45, 2.75) is 31.3 Å². The first kappa shape index (κ1) is 15.7. The average molecular weight is 304 g/mol. The topological polar surface area (TPSA) is 72.2 Å². The fourth-order valence-electron chi connectivity index (χ4n) is 2.21. The second-order valence-electron chi connectivity index (χ2n) is 4.91. The molecular formula is C16H20N2O2S. The summed E-state index contributed by atoms with van der Waals surface area (Å²) in [6, 6.07) is 15.0. The van der Waals surface area contributed by atoms with Gasteiger partial charge in [0.05, 0.1) is 4.90 Å². The molecule has 0 heterocycles. The Labute approximate surface area is 126 Å². The maximum atomic E-state index is 11.2. The number of aryl methyl sites for hydroxylation is 1. The lowest BCUT2D eigenvalue weighted by molar-refractivity contribution is 0.597. The number of hydrogen-bond donors (Lipinski definition) is 2. The van der Waals surface area contributed by atoms with Crippen molar-refractivity contribution in [3.05, 3.63) is 65.2 Å². The van der Waals surface area contributed by atoms with Gasteiger partial charge in [-0.15, -0.1) is 0 Å². The standard InChI is InChI=1S/C16H20N2O2S/c1-2-14-5-3-4-6-15(14)12-18-11-13-7-9-16(10-8-13)21(17,19)20/h3-10,18H,2,11-12H2,1H3,(H2,17,19,20). The number of benzene rings is 2. The molecule has 0 unspecified atom stereocenters. The van der Waals surface area contributed by atoms with Gasteiger partial charge in [0.1, 0.15) is 0 Å². The van der Waals surface area contributed by atoms with Crippen molar-refractivity contribution in [1.82, 2.24) is 5.32 Å². The summed E-state index contributed by atoms with van der Waals surface area (Å²) in [4.78, 5) is 0.141. The summed E-state index contributed by atoms with van der Waals surface area (Å²) in [6.07, 6.45) is 1.01. The summed E-state index contributed by atoms with van der Waals surface area (Å²) in [7, 11) is -3.61. The van der Waals surface area contributed by atoms with Crippen molar-refractivity contribution < 1.29 is 8.42 Å². The first-order chi connectivity index (χ1) is 10.0. The van der Waals surface area contributed by atoms with E-state index < -0.39 is 10.0 Å². The largest absolute Gasteiger partial charge is 0.309 e. The zero-order valence-corrected chi connectivity index (χ0v) is 12.9. The molecule has 5 heteroatoms. The van der Waals surface area contributed by atoms with Crippen LogP contribution in [0.5, 0.6) is 0 Å². The molecule has 0 radical (unpaired) electrons. The van der Waals surface area contributed by atoms with E-state index in [4.69, 9.17) is 5.14 Å². The Morgan fingerprint density at radius 3 is 2.14 bits per heavy atom. The third-order valence-electron chi connectivity index (χ3n) is 3.40. The Morgan fingerprint density at radius 2 is 1.57 bits per heavy atom. The van der Waals surface area contributed by atoms with E-state index in [1.54, 1.807) is 12.1 Å². The number of hydrogen-bond acceptors (Lipinski definition) is 3. The van der Waals surface area contributed by atoms with Crippen molar-refractivity contribution in [2.24, 2.45) is 5.14 Å². The van der Waals surface area contributed by atoms with E-state index >= 15 is 0 Å². The van der Waals surface area contributed by atoms with Gasteiger partial charge >= 0.3 is 0 Å². The zero-order valence-electron chi connectivity index (χ0n) is 12.0. The van der Waals surface area contributed by atoms with Crippen LogP contribution >= 0.6 is 0 Å². The van der Waals surface area contributed by atoms with E-state index in [9.17, 15) is 8.42 Å². The van der Waals surface area contributed by atoms with Gasteiger partial charge in [0.15, 0.2) is 0 Å². The molecule has 0 aliphatic heterocycles. The lowest BCUT2D eigenvalue weighted by Gasteiger charge is -2.09. The van der Waals surface area contributed by atoms with Gasteiger partial charge in [-0.05, 0) is 35.2 Å². The maximum Gasteiger partial charge on any atom is 0.238 e. The molecule has 21 heavy (non-hydrogen) atoms. The molecule has 0 bridgehead atoms. The van der Waals surface area contributed by atoms with Crippen LogP contribution in [0.15, 0.2) is 53.4 Å². The average Bonchev–Trinajstić information content (AvgIpc) is 2.47. The minimum absolute atomic E-state index is 0.141. The Hall–Kier alpha value is -1.69. The van der Waals surface area contributed by atoms with Crippen molar-refractivity contribution >= 4 is 10.0 Å². The maximum absolute atomic E-state index is 11.2. The molecule has 0 aromatic heterocycles. The second kappa shape index (κ2) is 6.85. The Kier molecular flexibility index (Phi) is 5.12. The number of nitrogens with two attached hydrogens (primary N) is 1. The van der Waals surface area contributed by atoms with Crippen LogP contribution in [0.25, 0.3) is 0 Å². The van der Waals surface area contributed by atoms with Gasteiger partial charge < -0.3 is 5.32 Å². The fourth-order valence-corrected chi connectivity index (χ4v) is 2.73. The van der Waals surface area contributed by atoms with Crippen LogP contribution in [0.1, 0.15) is 23.6 Å². The zero-order chi connectivity index (χ0) is 15.3. The minimum atomic E-state index is -3.61. The van der Waals surface area contributed by atoms with Crippen LogP contribution in [0.2, 0.25) is 0 Å². The lowest BCUT2D eigenvalue weighted by Crippen LogP contribution is -2.15. The molecule has 0 amide bonds. The summed E-state index contributed by atoms with van der Waals surface area (Å²) in [5.41, 5.74) is 3.66. The second-order valence-corrected chi connectivity index (χ2v) is 6.48. The van der Waals surface area contributed by atoms with Gasteiger partial charge in [-0.25, -0.2) is 13.6 Å². The van der Waals surface area contributed by atoms with Gasteiger partial charge in [0.2, 0.25) is 10.0 Å². The van der Waals surface area contributed by atoms with Crippen molar-refractivity contribution in [2.75, 3.05) is 0 Å². The van der Waals surface area contributed by atoms with Crippen LogP contribution in [0.3, 0.4) is 0 Å². The van der Waals surface area contributed by atoms with Gasteiger partial charge in [-0.2, -0.15) is 0 Å². The highest BCUT2D eigenvalue weighted by molar-refractivity contribution is 7.89. The van der Waals surface area contributed by atoms with Crippen molar-refractivity contribution in [3.63, 3.8) is 0 Å². The van der Waals surface area contributed by atoms with Crippen LogP contribution in [-0.2, 0) is 29.5 Å². The van der Waals surface area contributed by atoms with Crippen molar-refractivity contribution in [3.8, 4) is 0 Å². The van der Waals surface area contributed by atoms with E-state index in [0.717, 1.165) is 18.5 Å². The fraction of sp³-hybridized carbons (Fsp3) is 0.250. The molecule has 0 aliphatic carbocycles. The summed E-state index contributed by atoms with van der Waals surface area (Å²) < 4.78 is 22.4. The summed E-state index contributed by atoms with van der Waals surface area (Å²) >= 11 is 0. The van der Waals surface area contributed by atoms with Crippen LogP contribution < -0.4 is 10.5 Å². The molecule has 0 aliphatic rings. The van der Waals surface area contributed by atoms with Crippen LogP contribution in [-0.4, -0.2) is 8.42 Å². The molecule has 4 nitrogen and oxygen atoms in total. The number of rotatable bonds is 6. The minimum Gasteiger partial charge on any atom is -0.309 e. The molecule has 0 spiro atoms. The highest BCUT2D eigenvalue weighted by Crippen LogP contribution is 2.11. The molecular weight excluding hydrogens is 284 g/mol. The molecule has 0 fully saturated rings. The number of primary sulfonamides is 1. The third kappa shape index (κ3) is 4.39. The molecule has 2 rings (SSSR count). The molecule has 0 saturated heterocycles. The Morgan fingerprint density at radius 1 is 0.952 bits per heavy atom. The third-order valence-corrected chi connectivity index (χ3v) is 4.32. The van der Waals surface area contributed by atoms with E-state index in [-0.39, 0.29) is 4.90 Å². The molecule has 0 saturated carbocycles. The SMILES string of the molecule is CCc1ccccc1CNCc1ccc(S(N)(=O)=O)cc1.